The van der Waals surface area contributed by atoms with Crippen LogP contribution in [-0.4, -0.2) is 58.4 Å². The van der Waals surface area contributed by atoms with Crippen LogP contribution in [0.5, 0.6) is 0 Å². The van der Waals surface area contributed by atoms with Gasteiger partial charge in [-0.05, 0) is 25.7 Å². The molecule has 2 saturated heterocycles. The Morgan fingerprint density at radius 3 is 2.57 bits per heavy atom. The molecular formula is C17H28N2O4. The third kappa shape index (κ3) is 4.03. The largest absolute Gasteiger partial charge is 0.481 e. The molecule has 0 bridgehead atoms. The van der Waals surface area contributed by atoms with Crippen LogP contribution in [0.2, 0.25) is 0 Å². The molecular weight excluding hydrogens is 296 g/mol. The van der Waals surface area contributed by atoms with Gasteiger partial charge in [0.25, 0.3) is 0 Å². The maximum absolute atomic E-state index is 12.7. The van der Waals surface area contributed by atoms with Crippen LogP contribution in [0.1, 0.15) is 46.5 Å². The number of carbonyl (C=O) groups excluding carboxylic acids is 2. The van der Waals surface area contributed by atoms with Gasteiger partial charge in [0.1, 0.15) is 0 Å². The lowest BCUT2D eigenvalue weighted by molar-refractivity contribution is -0.148. The summed E-state index contributed by atoms with van der Waals surface area (Å²) in [5.74, 6) is -1.47. The van der Waals surface area contributed by atoms with Gasteiger partial charge in [-0.2, -0.15) is 0 Å². The van der Waals surface area contributed by atoms with E-state index >= 15 is 0 Å². The van der Waals surface area contributed by atoms with Gasteiger partial charge in [-0.25, -0.2) is 0 Å². The highest BCUT2D eigenvalue weighted by Crippen LogP contribution is 2.28. The quantitative estimate of drug-likeness (QED) is 0.833. The van der Waals surface area contributed by atoms with E-state index in [9.17, 15) is 19.5 Å². The van der Waals surface area contributed by atoms with Gasteiger partial charge in [-0.3, -0.25) is 14.4 Å². The van der Waals surface area contributed by atoms with Gasteiger partial charge in [0.15, 0.2) is 0 Å². The Morgan fingerprint density at radius 2 is 1.96 bits per heavy atom. The van der Waals surface area contributed by atoms with Crippen LogP contribution in [0.3, 0.4) is 0 Å². The van der Waals surface area contributed by atoms with Gasteiger partial charge in [-0.15, -0.1) is 0 Å². The number of carboxylic acid groups (broad SMARTS) is 1. The molecule has 6 nitrogen and oxygen atoms in total. The fraction of sp³-hybridized carbons (Fsp3) is 0.824. The van der Waals surface area contributed by atoms with Crippen molar-refractivity contribution in [3.8, 4) is 0 Å². The van der Waals surface area contributed by atoms with Crippen LogP contribution in [0.4, 0.5) is 0 Å². The number of piperidine rings is 1. The first-order valence-electron chi connectivity index (χ1n) is 8.64. The van der Waals surface area contributed by atoms with Crippen molar-refractivity contribution in [3.05, 3.63) is 0 Å². The van der Waals surface area contributed by atoms with Crippen molar-refractivity contribution in [3.63, 3.8) is 0 Å². The molecule has 0 aliphatic carbocycles. The number of amides is 2. The number of carbonyl (C=O) groups is 3. The first kappa shape index (κ1) is 17.8. The van der Waals surface area contributed by atoms with Gasteiger partial charge < -0.3 is 14.9 Å². The lowest BCUT2D eigenvalue weighted by Crippen LogP contribution is -2.48. The standard InChI is InChI=1S/C17H28N2O4/c1-4-5-12(3)19-10-13(7-15(19)20)16(21)18-8-11(2)6-14(9-18)17(22)23/h11-14H,4-10H2,1-3H3,(H,22,23). The molecule has 0 spiro atoms. The maximum atomic E-state index is 12.7. The Kier molecular flexibility index (Phi) is 5.65. The topological polar surface area (TPSA) is 77.9 Å². The summed E-state index contributed by atoms with van der Waals surface area (Å²) in [5, 5.41) is 9.24. The van der Waals surface area contributed by atoms with E-state index in [1.165, 1.54) is 0 Å². The smallest absolute Gasteiger partial charge is 0.308 e. The monoisotopic (exact) mass is 324 g/mol. The van der Waals surface area contributed by atoms with Crippen molar-refractivity contribution in [1.82, 2.24) is 9.80 Å². The van der Waals surface area contributed by atoms with Gasteiger partial charge in [0, 0.05) is 32.1 Å². The molecule has 2 heterocycles. The van der Waals surface area contributed by atoms with Crippen LogP contribution in [-0.2, 0) is 14.4 Å². The van der Waals surface area contributed by atoms with Gasteiger partial charge >= 0.3 is 5.97 Å². The molecule has 6 heteroatoms. The van der Waals surface area contributed by atoms with E-state index in [-0.39, 0.29) is 42.7 Å². The molecule has 0 aromatic rings. The van der Waals surface area contributed by atoms with E-state index in [2.05, 4.69) is 6.92 Å². The van der Waals surface area contributed by atoms with E-state index in [4.69, 9.17) is 0 Å². The lowest BCUT2D eigenvalue weighted by atomic mass is 9.89. The van der Waals surface area contributed by atoms with Crippen molar-refractivity contribution >= 4 is 17.8 Å². The maximum Gasteiger partial charge on any atom is 0.308 e. The highest BCUT2D eigenvalue weighted by atomic mass is 16.4. The van der Waals surface area contributed by atoms with Crippen molar-refractivity contribution in [1.29, 1.82) is 0 Å². The van der Waals surface area contributed by atoms with E-state index in [1.807, 2.05) is 18.7 Å². The van der Waals surface area contributed by atoms with Crippen molar-refractivity contribution in [2.24, 2.45) is 17.8 Å². The highest BCUT2D eigenvalue weighted by Gasteiger charge is 2.40. The molecule has 4 atom stereocenters. The predicted octanol–water partition coefficient (Wildman–Crippen LogP) is 1.59. The summed E-state index contributed by atoms with van der Waals surface area (Å²) in [7, 11) is 0. The number of hydrogen-bond donors (Lipinski definition) is 1. The molecule has 23 heavy (non-hydrogen) atoms. The second kappa shape index (κ2) is 7.32. The summed E-state index contributed by atoms with van der Waals surface area (Å²) in [6, 6.07) is 0.164. The summed E-state index contributed by atoms with van der Waals surface area (Å²) < 4.78 is 0. The molecule has 2 rings (SSSR count). The second-order valence-corrected chi connectivity index (χ2v) is 7.20. The van der Waals surface area contributed by atoms with Crippen LogP contribution in [0, 0.1) is 17.8 Å². The number of nitrogens with zero attached hydrogens (tertiary/aromatic N) is 2. The van der Waals surface area contributed by atoms with Gasteiger partial charge in [-0.1, -0.05) is 20.3 Å². The number of rotatable bonds is 5. The van der Waals surface area contributed by atoms with Crippen LogP contribution >= 0.6 is 0 Å². The van der Waals surface area contributed by atoms with Gasteiger partial charge in [0.2, 0.25) is 11.8 Å². The molecule has 0 aromatic heterocycles. The lowest BCUT2D eigenvalue weighted by Gasteiger charge is -2.36. The molecule has 1 N–H and O–H groups in total. The first-order valence-corrected chi connectivity index (χ1v) is 8.64. The molecule has 0 aromatic carbocycles. The zero-order valence-electron chi connectivity index (χ0n) is 14.3. The predicted molar refractivity (Wildman–Crippen MR) is 85.7 cm³/mol. The Bertz CT molecular complexity index is 479. The van der Waals surface area contributed by atoms with E-state index in [0.29, 0.717) is 19.5 Å². The summed E-state index contributed by atoms with van der Waals surface area (Å²) in [5.41, 5.74) is 0. The van der Waals surface area contributed by atoms with E-state index < -0.39 is 11.9 Å². The summed E-state index contributed by atoms with van der Waals surface area (Å²) in [6.45, 7) is 7.43. The van der Waals surface area contributed by atoms with Crippen LogP contribution in [0.25, 0.3) is 0 Å². The number of likely N-dealkylation sites (tertiary alicyclic amines) is 2. The van der Waals surface area contributed by atoms with Crippen LogP contribution < -0.4 is 0 Å². The minimum absolute atomic E-state index is 0.0455. The van der Waals surface area contributed by atoms with Crippen molar-refractivity contribution in [2.45, 2.75) is 52.5 Å². The summed E-state index contributed by atoms with van der Waals surface area (Å²) in [6.07, 6.45) is 2.82. The molecule has 2 aliphatic rings. The summed E-state index contributed by atoms with van der Waals surface area (Å²) in [4.78, 5) is 39.7. The van der Waals surface area contributed by atoms with E-state index in [0.717, 1.165) is 12.8 Å². The Hall–Kier alpha value is -1.59. The normalized spacial score (nSPS) is 29.7. The molecule has 2 amide bonds. The Morgan fingerprint density at radius 1 is 1.26 bits per heavy atom. The SMILES string of the molecule is CCCC(C)N1CC(C(=O)N2CC(C)CC(C(=O)O)C2)CC1=O. The number of hydrogen-bond acceptors (Lipinski definition) is 3. The Balaban J connectivity index is 2.00. The average Bonchev–Trinajstić information content (AvgIpc) is 2.88. The molecule has 4 unspecified atom stereocenters. The minimum Gasteiger partial charge on any atom is -0.481 e. The molecule has 0 saturated carbocycles. The first-order chi connectivity index (χ1) is 10.8. The minimum atomic E-state index is -0.838. The zero-order valence-corrected chi connectivity index (χ0v) is 14.3. The third-order valence-corrected chi connectivity index (χ3v) is 5.07. The van der Waals surface area contributed by atoms with Crippen LogP contribution in [0.15, 0.2) is 0 Å². The molecule has 130 valence electrons. The molecule has 2 fully saturated rings. The third-order valence-electron chi connectivity index (χ3n) is 5.07. The summed E-state index contributed by atoms with van der Waals surface area (Å²) >= 11 is 0. The fourth-order valence-corrected chi connectivity index (χ4v) is 3.87. The number of carboxylic acids is 1. The van der Waals surface area contributed by atoms with E-state index in [1.54, 1.807) is 4.90 Å². The molecule has 0 radical (unpaired) electrons. The zero-order chi connectivity index (χ0) is 17.1. The molecule has 2 aliphatic heterocycles. The average molecular weight is 324 g/mol. The highest BCUT2D eigenvalue weighted by molar-refractivity contribution is 5.89. The second-order valence-electron chi connectivity index (χ2n) is 7.20. The fourth-order valence-electron chi connectivity index (χ4n) is 3.87. The number of aliphatic carboxylic acids is 1. The van der Waals surface area contributed by atoms with Crippen molar-refractivity contribution < 1.29 is 19.5 Å². The van der Waals surface area contributed by atoms with Crippen molar-refractivity contribution in [2.75, 3.05) is 19.6 Å². The Labute approximate surface area is 137 Å². The van der Waals surface area contributed by atoms with Gasteiger partial charge in [0.05, 0.1) is 11.8 Å².